The maximum Gasteiger partial charge on any atom is 0.0509 e. The van der Waals surface area contributed by atoms with Gasteiger partial charge in [0, 0.05) is 43.8 Å². The van der Waals surface area contributed by atoms with Crippen molar-refractivity contribution < 1.29 is 0 Å². The van der Waals surface area contributed by atoms with Crippen molar-refractivity contribution in [3.8, 4) is 0 Å². The summed E-state index contributed by atoms with van der Waals surface area (Å²) in [5.74, 6) is 0.525. The van der Waals surface area contributed by atoms with Gasteiger partial charge in [0.05, 0.1) is 5.88 Å². The topological polar surface area (TPSA) is 19.4 Å². The lowest BCUT2D eigenvalue weighted by molar-refractivity contribution is 0.346. The quantitative estimate of drug-likeness (QED) is 0.751. The monoisotopic (exact) mass is 253 g/mol. The third kappa shape index (κ3) is 3.33. The Labute approximate surface area is 108 Å². The van der Waals surface area contributed by atoms with Crippen molar-refractivity contribution >= 4 is 17.3 Å². The van der Waals surface area contributed by atoms with Crippen molar-refractivity contribution in [2.24, 2.45) is 0 Å². The van der Waals surface area contributed by atoms with Crippen LogP contribution in [0.15, 0.2) is 18.5 Å². The highest BCUT2D eigenvalue weighted by atomic mass is 35.5. The van der Waals surface area contributed by atoms with Crippen molar-refractivity contribution in [1.29, 1.82) is 0 Å². The van der Waals surface area contributed by atoms with Crippen LogP contribution in [0.5, 0.6) is 0 Å². The Hall–Kier alpha value is -0.800. The van der Waals surface area contributed by atoms with Gasteiger partial charge in [-0.2, -0.15) is 0 Å². The van der Waals surface area contributed by atoms with Gasteiger partial charge in [0.15, 0.2) is 0 Å². The molecule has 1 aliphatic rings. The van der Waals surface area contributed by atoms with Gasteiger partial charge < -0.3 is 9.80 Å². The largest absolute Gasteiger partial charge is 0.373 e. The van der Waals surface area contributed by atoms with E-state index in [0.29, 0.717) is 5.88 Å². The predicted octanol–water partition coefficient (Wildman–Crippen LogP) is 2.35. The Morgan fingerprint density at radius 2 is 2.18 bits per heavy atom. The van der Waals surface area contributed by atoms with E-state index in [2.05, 4.69) is 21.8 Å². The van der Waals surface area contributed by atoms with E-state index in [9.17, 15) is 0 Å². The average molecular weight is 254 g/mol. The van der Waals surface area contributed by atoms with Crippen LogP contribution < -0.4 is 4.90 Å². The fourth-order valence-corrected chi connectivity index (χ4v) is 2.52. The van der Waals surface area contributed by atoms with E-state index in [-0.39, 0.29) is 0 Å². The molecule has 1 aromatic heterocycles. The van der Waals surface area contributed by atoms with Gasteiger partial charge in [-0.05, 0) is 32.0 Å². The molecule has 0 radical (unpaired) electrons. The minimum absolute atomic E-state index is 0.525. The smallest absolute Gasteiger partial charge is 0.0509 e. The molecular formula is C13H20ClN3. The molecule has 0 bridgehead atoms. The van der Waals surface area contributed by atoms with Crippen molar-refractivity contribution in [1.82, 2.24) is 9.88 Å². The third-order valence-corrected chi connectivity index (χ3v) is 3.67. The van der Waals surface area contributed by atoms with Gasteiger partial charge in [-0.25, -0.2) is 0 Å². The fraction of sp³-hybridized carbons (Fsp3) is 0.615. The number of rotatable bonds is 5. The van der Waals surface area contributed by atoms with Gasteiger partial charge in [0.25, 0.3) is 0 Å². The van der Waals surface area contributed by atoms with Crippen LogP contribution in [-0.2, 0) is 5.88 Å². The lowest BCUT2D eigenvalue weighted by Gasteiger charge is -2.24. The van der Waals surface area contributed by atoms with E-state index in [0.717, 1.165) is 18.7 Å². The number of pyridine rings is 1. The first kappa shape index (κ1) is 12.7. The number of likely N-dealkylation sites (N-methyl/N-ethyl adjacent to an activating group) is 1. The fourth-order valence-electron chi connectivity index (χ4n) is 2.31. The molecule has 0 unspecified atom stereocenters. The molecule has 0 saturated carbocycles. The predicted molar refractivity (Wildman–Crippen MR) is 72.7 cm³/mol. The van der Waals surface area contributed by atoms with Crippen molar-refractivity contribution in [3.05, 3.63) is 24.0 Å². The first-order valence-electron chi connectivity index (χ1n) is 6.23. The Morgan fingerprint density at radius 3 is 2.88 bits per heavy atom. The second-order valence-corrected chi connectivity index (χ2v) is 4.88. The van der Waals surface area contributed by atoms with E-state index < -0.39 is 0 Å². The van der Waals surface area contributed by atoms with Crippen LogP contribution in [0.25, 0.3) is 0 Å². The number of aromatic nitrogens is 1. The molecule has 1 fully saturated rings. The third-order valence-electron chi connectivity index (χ3n) is 3.38. The van der Waals surface area contributed by atoms with Crippen molar-refractivity contribution in [2.75, 3.05) is 38.1 Å². The molecule has 1 saturated heterocycles. The highest BCUT2D eigenvalue weighted by Gasteiger charge is 2.13. The summed E-state index contributed by atoms with van der Waals surface area (Å²) in [7, 11) is 2.13. The zero-order chi connectivity index (χ0) is 12.1. The van der Waals surface area contributed by atoms with Crippen LogP contribution >= 0.6 is 11.6 Å². The summed E-state index contributed by atoms with van der Waals surface area (Å²) >= 11 is 5.93. The van der Waals surface area contributed by atoms with Gasteiger partial charge in [0.1, 0.15) is 0 Å². The normalized spacial score (nSPS) is 16.4. The molecule has 0 N–H and O–H groups in total. The summed E-state index contributed by atoms with van der Waals surface area (Å²) in [6.07, 6.45) is 6.39. The summed E-state index contributed by atoms with van der Waals surface area (Å²) in [6, 6.07) is 2.04. The second-order valence-electron chi connectivity index (χ2n) is 4.61. The number of alkyl halides is 1. The number of anilines is 1. The van der Waals surface area contributed by atoms with Gasteiger partial charge >= 0.3 is 0 Å². The van der Waals surface area contributed by atoms with E-state index in [4.69, 9.17) is 11.6 Å². The summed E-state index contributed by atoms with van der Waals surface area (Å²) in [5, 5.41) is 0. The Bertz CT molecular complexity index is 350. The molecule has 0 spiro atoms. The molecule has 1 aromatic rings. The minimum atomic E-state index is 0.525. The number of nitrogens with zero attached hydrogens (tertiary/aromatic N) is 3. The Balaban J connectivity index is 1.91. The molecule has 0 amide bonds. The zero-order valence-corrected chi connectivity index (χ0v) is 11.2. The molecule has 0 aromatic carbocycles. The molecule has 1 aliphatic heterocycles. The maximum atomic E-state index is 5.93. The summed E-state index contributed by atoms with van der Waals surface area (Å²) in [5.41, 5.74) is 2.31. The van der Waals surface area contributed by atoms with Gasteiger partial charge in [-0.15, -0.1) is 11.6 Å². The number of hydrogen-bond acceptors (Lipinski definition) is 3. The van der Waals surface area contributed by atoms with E-state index in [1.54, 1.807) is 0 Å². The summed E-state index contributed by atoms with van der Waals surface area (Å²) in [4.78, 5) is 8.92. The number of hydrogen-bond donors (Lipinski definition) is 0. The van der Waals surface area contributed by atoms with E-state index in [1.807, 2.05) is 18.5 Å². The standard InChI is InChI=1S/C13H20ClN3/c1-16(8-9-17-6-2-3-7-17)13-4-5-15-11-12(13)10-14/h4-5,11H,2-3,6-10H2,1H3. The molecular weight excluding hydrogens is 234 g/mol. The highest BCUT2D eigenvalue weighted by molar-refractivity contribution is 6.17. The summed E-state index contributed by atoms with van der Waals surface area (Å²) in [6.45, 7) is 4.70. The lowest BCUT2D eigenvalue weighted by Crippen LogP contribution is -2.31. The molecule has 3 nitrogen and oxygen atoms in total. The molecule has 2 heterocycles. The molecule has 94 valence electrons. The number of halogens is 1. The molecule has 0 aliphatic carbocycles. The first-order chi connectivity index (χ1) is 8.31. The molecule has 2 rings (SSSR count). The molecule has 4 heteroatoms. The van der Waals surface area contributed by atoms with Crippen LogP contribution in [0.2, 0.25) is 0 Å². The number of likely N-dealkylation sites (tertiary alicyclic amines) is 1. The zero-order valence-electron chi connectivity index (χ0n) is 10.4. The van der Waals surface area contributed by atoms with E-state index in [1.165, 1.54) is 31.6 Å². The maximum absolute atomic E-state index is 5.93. The summed E-state index contributed by atoms with van der Waals surface area (Å²) < 4.78 is 0. The van der Waals surface area contributed by atoms with Crippen LogP contribution in [0.3, 0.4) is 0 Å². The Kier molecular flexibility index (Phi) is 4.63. The second kappa shape index (κ2) is 6.22. The van der Waals surface area contributed by atoms with E-state index >= 15 is 0 Å². The van der Waals surface area contributed by atoms with Crippen LogP contribution in [-0.4, -0.2) is 43.1 Å². The van der Waals surface area contributed by atoms with Crippen LogP contribution in [0.1, 0.15) is 18.4 Å². The minimum Gasteiger partial charge on any atom is -0.373 e. The van der Waals surface area contributed by atoms with Gasteiger partial charge in [-0.1, -0.05) is 0 Å². The van der Waals surface area contributed by atoms with Crippen molar-refractivity contribution in [3.63, 3.8) is 0 Å². The molecule has 17 heavy (non-hydrogen) atoms. The Morgan fingerprint density at radius 1 is 1.41 bits per heavy atom. The average Bonchev–Trinajstić information content (AvgIpc) is 2.89. The SMILES string of the molecule is CN(CCN1CCCC1)c1ccncc1CCl. The van der Waals surface area contributed by atoms with Crippen LogP contribution in [0, 0.1) is 0 Å². The van der Waals surface area contributed by atoms with Gasteiger partial charge in [0.2, 0.25) is 0 Å². The first-order valence-corrected chi connectivity index (χ1v) is 6.77. The van der Waals surface area contributed by atoms with Crippen molar-refractivity contribution in [2.45, 2.75) is 18.7 Å². The van der Waals surface area contributed by atoms with Crippen LogP contribution in [0.4, 0.5) is 5.69 Å². The molecule has 0 atom stereocenters. The lowest BCUT2D eigenvalue weighted by atomic mass is 10.2. The highest BCUT2D eigenvalue weighted by Crippen LogP contribution is 2.19. The van der Waals surface area contributed by atoms with Gasteiger partial charge in [-0.3, -0.25) is 4.98 Å².